The van der Waals surface area contributed by atoms with Crippen molar-refractivity contribution in [1.82, 2.24) is 23.9 Å². The highest BCUT2D eigenvalue weighted by Gasteiger charge is 2.27. The van der Waals surface area contributed by atoms with Gasteiger partial charge >= 0.3 is 0 Å². The second-order valence-electron chi connectivity index (χ2n) is 6.65. The molecule has 4 heterocycles. The summed E-state index contributed by atoms with van der Waals surface area (Å²) in [4.78, 5) is 21.4. The summed E-state index contributed by atoms with van der Waals surface area (Å²) >= 11 is 1.23. The molecule has 1 saturated heterocycles. The van der Waals surface area contributed by atoms with E-state index in [0.717, 1.165) is 12.8 Å². The third-order valence-electron chi connectivity index (χ3n) is 4.82. The number of amides is 1. The molecule has 5 rings (SSSR count). The summed E-state index contributed by atoms with van der Waals surface area (Å²) in [6.45, 7) is 1.11. The molecule has 1 aliphatic heterocycles. The summed E-state index contributed by atoms with van der Waals surface area (Å²) in [5.74, 6) is -0.370. The van der Waals surface area contributed by atoms with Crippen molar-refractivity contribution in [3.63, 3.8) is 0 Å². The third-order valence-corrected chi connectivity index (χ3v) is 7.65. The molecule has 0 spiro atoms. The second-order valence-corrected chi connectivity index (χ2v) is 9.62. The van der Waals surface area contributed by atoms with E-state index in [-0.39, 0.29) is 10.8 Å². The van der Waals surface area contributed by atoms with Gasteiger partial charge in [-0.3, -0.25) is 10.1 Å². The van der Waals surface area contributed by atoms with Crippen molar-refractivity contribution in [2.24, 2.45) is 0 Å². The maximum absolute atomic E-state index is 12.8. The topological polar surface area (TPSA) is 110 Å². The van der Waals surface area contributed by atoms with E-state index in [1.165, 1.54) is 26.5 Å². The van der Waals surface area contributed by atoms with Crippen LogP contribution >= 0.6 is 11.3 Å². The molecule has 1 fully saturated rings. The molecule has 1 N–H and O–H groups in total. The van der Waals surface area contributed by atoms with Crippen LogP contribution in [0.5, 0.6) is 0 Å². The van der Waals surface area contributed by atoms with Gasteiger partial charge in [0.15, 0.2) is 10.8 Å². The molecular formula is C18H16N6O3S2. The Morgan fingerprint density at radius 3 is 2.79 bits per heavy atom. The van der Waals surface area contributed by atoms with Crippen LogP contribution in [0.25, 0.3) is 15.9 Å². The van der Waals surface area contributed by atoms with Gasteiger partial charge in [0, 0.05) is 13.1 Å². The van der Waals surface area contributed by atoms with E-state index in [1.54, 1.807) is 36.4 Å². The van der Waals surface area contributed by atoms with Crippen molar-refractivity contribution in [2.75, 3.05) is 18.4 Å². The van der Waals surface area contributed by atoms with Crippen molar-refractivity contribution < 1.29 is 13.2 Å². The summed E-state index contributed by atoms with van der Waals surface area (Å²) in [5.41, 5.74) is 1.53. The molecule has 0 bridgehead atoms. The fourth-order valence-corrected chi connectivity index (χ4v) is 5.89. The maximum Gasteiger partial charge on any atom is 0.276 e. The first-order valence-electron chi connectivity index (χ1n) is 9.03. The Morgan fingerprint density at radius 2 is 1.97 bits per heavy atom. The molecule has 9 nitrogen and oxygen atoms in total. The lowest BCUT2D eigenvalue weighted by molar-refractivity contribution is 0.102. The van der Waals surface area contributed by atoms with Crippen molar-refractivity contribution in [1.29, 1.82) is 0 Å². The molecule has 11 heteroatoms. The van der Waals surface area contributed by atoms with E-state index in [1.807, 2.05) is 0 Å². The first-order valence-corrected chi connectivity index (χ1v) is 11.3. The van der Waals surface area contributed by atoms with Crippen LogP contribution in [-0.2, 0) is 10.0 Å². The van der Waals surface area contributed by atoms with E-state index < -0.39 is 10.0 Å². The summed E-state index contributed by atoms with van der Waals surface area (Å²) in [6, 6.07) is 9.98. The summed E-state index contributed by atoms with van der Waals surface area (Å²) in [5, 5.41) is 7.21. The van der Waals surface area contributed by atoms with Gasteiger partial charge in [-0.05, 0) is 43.2 Å². The highest BCUT2D eigenvalue weighted by atomic mass is 32.2. The molecule has 1 aromatic carbocycles. The van der Waals surface area contributed by atoms with Gasteiger partial charge in [0.2, 0.25) is 10.0 Å². The number of carbonyl (C=O) groups excluding carboxylic acids is 1. The van der Waals surface area contributed by atoms with Gasteiger partial charge in [-0.2, -0.15) is 9.40 Å². The van der Waals surface area contributed by atoms with Gasteiger partial charge in [-0.1, -0.05) is 17.4 Å². The smallest absolute Gasteiger partial charge is 0.276 e. The van der Waals surface area contributed by atoms with Crippen LogP contribution in [0.3, 0.4) is 0 Å². The molecule has 0 unspecified atom stereocenters. The molecule has 0 atom stereocenters. The summed E-state index contributed by atoms with van der Waals surface area (Å²) in [6.07, 6.45) is 3.15. The molecular weight excluding hydrogens is 412 g/mol. The Hall–Kier alpha value is -2.89. The Labute approximate surface area is 170 Å². The second kappa shape index (κ2) is 6.87. The van der Waals surface area contributed by atoms with Crippen molar-refractivity contribution >= 4 is 48.3 Å². The van der Waals surface area contributed by atoms with Gasteiger partial charge in [0.25, 0.3) is 5.91 Å². The number of sulfonamides is 1. The summed E-state index contributed by atoms with van der Waals surface area (Å²) in [7, 11) is -3.50. The molecule has 0 aliphatic carbocycles. The van der Waals surface area contributed by atoms with Crippen LogP contribution in [0.1, 0.15) is 23.3 Å². The number of nitrogens with one attached hydrogen (secondary N) is 1. The minimum absolute atomic E-state index is 0.251. The number of rotatable bonds is 4. The monoisotopic (exact) mass is 428 g/mol. The molecule has 3 aromatic heterocycles. The number of nitrogens with zero attached hydrogens (tertiary/aromatic N) is 5. The average Bonchev–Trinajstić information content (AvgIpc) is 3.46. The predicted molar refractivity (Wildman–Crippen MR) is 109 cm³/mol. The van der Waals surface area contributed by atoms with Gasteiger partial charge in [0.05, 0.1) is 15.1 Å². The van der Waals surface area contributed by atoms with E-state index in [2.05, 4.69) is 20.4 Å². The first-order chi connectivity index (χ1) is 14.0. The zero-order chi connectivity index (χ0) is 20.0. The molecule has 0 saturated carbocycles. The molecule has 0 radical (unpaired) electrons. The highest BCUT2D eigenvalue weighted by Crippen LogP contribution is 2.30. The molecule has 1 aliphatic rings. The predicted octanol–water partition coefficient (Wildman–Crippen LogP) is 2.38. The quantitative estimate of drug-likeness (QED) is 0.534. The number of fused-ring (bicyclic) bond motifs is 2. The number of aromatic nitrogens is 4. The number of pyridine rings is 1. The largest absolute Gasteiger partial charge is 0.296 e. The lowest BCUT2D eigenvalue weighted by Gasteiger charge is -2.15. The molecule has 1 amide bonds. The van der Waals surface area contributed by atoms with Crippen LogP contribution in [0, 0.1) is 0 Å². The summed E-state index contributed by atoms with van der Waals surface area (Å²) < 4.78 is 29.2. The van der Waals surface area contributed by atoms with E-state index in [4.69, 9.17) is 0 Å². The molecule has 148 valence electrons. The van der Waals surface area contributed by atoms with Crippen LogP contribution in [0.4, 0.5) is 5.13 Å². The van der Waals surface area contributed by atoms with Gasteiger partial charge in [-0.25, -0.2) is 22.9 Å². The van der Waals surface area contributed by atoms with Gasteiger partial charge < -0.3 is 0 Å². The number of hydrogen-bond donors (Lipinski definition) is 1. The van der Waals surface area contributed by atoms with Crippen molar-refractivity contribution in [3.8, 4) is 0 Å². The van der Waals surface area contributed by atoms with E-state index in [0.29, 0.717) is 39.8 Å². The van der Waals surface area contributed by atoms with Gasteiger partial charge in [0.1, 0.15) is 12.0 Å². The number of anilines is 1. The highest BCUT2D eigenvalue weighted by molar-refractivity contribution is 7.89. The van der Waals surface area contributed by atoms with Crippen LogP contribution in [-0.4, -0.2) is 51.3 Å². The fraction of sp³-hybridized carbons (Fsp3) is 0.222. The normalized spacial score (nSPS) is 15.3. The minimum atomic E-state index is -3.50. The number of hydrogen-bond acceptors (Lipinski definition) is 7. The average molecular weight is 428 g/mol. The lowest BCUT2D eigenvalue weighted by Crippen LogP contribution is -2.27. The fourth-order valence-electron chi connectivity index (χ4n) is 3.38. The Kier molecular flexibility index (Phi) is 4.30. The zero-order valence-corrected chi connectivity index (χ0v) is 16.8. The van der Waals surface area contributed by atoms with Crippen molar-refractivity contribution in [2.45, 2.75) is 17.7 Å². The van der Waals surface area contributed by atoms with Crippen molar-refractivity contribution in [3.05, 3.63) is 48.4 Å². The van der Waals surface area contributed by atoms with Gasteiger partial charge in [-0.15, -0.1) is 0 Å². The third kappa shape index (κ3) is 3.16. The maximum atomic E-state index is 12.8. The van der Waals surface area contributed by atoms with E-state index in [9.17, 15) is 13.2 Å². The Balaban J connectivity index is 1.44. The van der Waals surface area contributed by atoms with E-state index >= 15 is 0 Å². The molecule has 29 heavy (non-hydrogen) atoms. The van der Waals surface area contributed by atoms with Crippen LogP contribution in [0.15, 0.2) is 47.6 Å². The first kappa shape index (κ1) is 18.2. The number of benzene rings is 1. The lowest BCUT2D eigenvalue weighted by atomic mass is 10.3. The number of carbonyl (C=O) groups is 1. The Morgan fingerprint density at radius 1 is 1.14 bits per heavy atom. The minimum Gasteiger partial charge on any atom is -0.296 e. The number of thiazole rings is 1. The van der Waals surface area contributed by atoms with Crippen LogP contribution < -0.4 is 5.32 Å². The zero-order valence-electron chi connectivity index (χ0n) is 15.1. The SMILES string of the molecule is O=C(Nc1nc2ccc(S(=O)(=O)N3CCCC3)cc2s1)c1cccc2ncnn12. The van der Waals surface area contributed by atoms with Crippen LogP contribution in [0.2, 0.25) is 0 Å². The Bertz CT molecular complexity index is 1340. The molecule has 4 aromatic rings. The standard InChI is InChI=1S/C18H16N6O3S2/c25-17(14-4-3-5-16-19-11-20-24(14)16)22-18-21-13-7-6-12(10-15(13)28-18)29(26,27)23-8-1-2-9-23/h3-7,10-11H,1-2,8-9H2,(H,21,22,25).